The lowest BCUT2D eigenvalue weighted by molar-refractivity contribution is 0.142. The Hall–Kier alpha value is -3.22. The number of hydrogen-bond donors (Lipinski definition) is 2. The van der Waals surface area contributed by atoms with E-state index in [1.165, 1.54) is 32.1 Å². The van der Waals surface area contributed by atoms with Gasteiger partial charge in [0.05, 0.1) is 6.10 Å². The summed E-state index contributed by atoms with van der Waals surface area (Å²) in [4.78, 5) is 0. The highest BCUT2D eigenvalue weighted by atomic mass is 16.5. The molecule has 2 aliphatic carbocycles. The van der Waals surface area contributed by atoms with E-state index in [-0.39, 0.29) is 6.10 Å². The van der Waals surface area contributed by atoms with E-state index in [0.29, 0.717) is 5.92 Å². The molecular weight excluding hydrogens is 416 g/mol. The summed E-state index contributed by atoms with van der Waals surface area (Å²) in [6.07, 6.45) is 16.1. The summed E-state index contributed by atoms with van der Waals surface area (Å²) in [5.41, 5.74) is 17.3. The molecule has 180 valence electrons. The van der Waals surface area contributed by atoms with Crippen LogP contribution in [0, 0.1) is 17.8 Å². The number of anilines is 2. The number of allylic oxidation sites excluding steroid dienone is 2. The molecular formula is C31H40N2O. The van der Waals surface area contributed by atoms with Crippen LogP contribution >= 0.6 is 0 Å². The van der Waals surface area contributed by atoms with E-state index in [4.69, 9.17) is 16.2 Å². The number of hydrogen-bond acceptors (Lipinski definition) is 3. The Balaban J connectivity index is 0.000000224. The van der Waals surface area contributed by atoms with Crippen molar-refractivity contribution in [1.29, 1.82) is 0 Å². The van der Waals surface area contributed by atoms with Gasteiger partial charge in [0.15, 0.2) is 0 Å². The van der Waals surface area contributed by atoms with Crippen molar-refractivity contribution < 1.29 is 4.74 Å². The fraction of sp³-hybridized carbons (Fsp3) is 0.355. The lowest BCUT2D eigenvalue weighted by Gasteiger charge is -2.16. The van der Waals surface area contributed by atoms with Crippen LogP contribution in [0.25, 0.3) is 17.2 Å². The van der Waals surface area contributed by atoms with Gasteiger partial charge in [-0.3, -0.25) is 0 Å². The van der Waals surface area contributed by atoms with Gasteiger partial charge in [0.1, 0.15) is 0 Å². The van der Waals surface area contributed by atoms with E-state index in [1.54, 1.807) is 7.11 Å². The second kappa shape index (κ2) is 14.8. The Bertz CT molecular complexity index is 1020. The number of rotatable bonds is 3. The largest absolute Gasteiger partial charge is 0.399 e. The van der Waals surface area contributed by atoms with Crippen LogP contribution in [0.3, 0.4) is 0 Å². The molecule has 34 heavy (non-hydrogen) atoms. The van der Waals surface area contributed by atoms with Crippen LogP contribution in [0.1, 0.15) is 57.9 Å². The van der Waals surface area contributed by atoms with Gasteiger partial charge in [0.25, 0.3) is 0 Å². The molecule has 0 aliphatic heterocycles. The number of ether oxygens (including phenoxy) is 1. The van der Waals surface area contributed by atoms with Gasteiger partial charge in [-0.1, -0.05) is 88.0 Å². The van der Waals surface area contributed by atoms with Crippen molar-refractivity contribution in [2.45, 2.75) is 58.5 Å². The molecule has 1 fully saturated rings. The van der Waals surface area contributed by atoms with Crippen molar-refractivity contribution in [2.24, 2.45) is 5.92 Å². The zero-order valence-corrected chi connectivity index (χ0v) is 21.0. The first-order valence-corrected chi connectivity index (χ1v) is 12.4. The molecule has 0 radical (unpaired) electrons. The first-order valence-electron chi connectivity index (χ1n) is 12.4. The first-order chi connectivity index (χ1) is 16.6. The number of nitrogens with two attached hydrogens (primary N) is 2. The predicted molar refractivity (Wildman–Crippen MR) is 149 cm³/mol. The Morgan fingerprint density at radius 1 is 0.971 bits per heavy atom. The fourth-order valence-corrected chi connectivity index (χ4v) is 4.01. The van der Waals surface area contributed by atoms with Crippen molar-refractivity contribution in [3.05, 3.63) is 78.4 Å². The summed E-state index contributed by atoms with van der Waals surface area (Å²) >= 11 is 0. The van der Waals surface area contributed by atoms with Gasteiger partial charge < -0.3 is 16.2 Å². The molecule has 2 aromatic carbocycles. The van der Waals surface area contributed by atoms with Crippen LogP contribution in [0.2, 0.25) is 0 Å². The SMILES string of the molecule is C=Cc1cc(N)ccc1-c1ccc(N)cc1.CC.COC1C=C(C#CC2CCCCC2)C=CC1. The van der Waals surface area contributed by atoms with Crippen LogP contribution in [0.5, 0.6) is 0 Å². The van der Waals surface area contributed by atoms with Gasteiger partial charge in [0.2, 0.25) is 0 Å². The molecule has 0 spiro atoms. The average molecular weight is 457 g/mol. The highest BCUT2D eigenvalue weighted by molar-refractivity contribution is 5.77. The zero-order valence-electron chi connectivity index (χ0n) is 21.0. The topological polar surface area (TPSA) is 61.3 Å². The molecule has 3 heteroatoms. The van der Waals surface area contributed by atoms with Crippen molar-refractivity contribution in [2.75, 3.05) is 18.6 Å². The van der Waals surface area contributed by atoms with E-state index >= 15 is 0 Å². The van der Waals surface area contributed by atoms with Crippen LogP contribution in [-0.2, 0) is 4.74 Å². The molecule has 0 aromatic heterocycles. The smallest absolute Gasteiger partial charge is 0.0801 e. The highest BCUT2D eigenvalue weighted by Gasteiger charge is 2.11. The summed E-state index contributed by atoms with van der Waals surface area (Å²) < 4.78 is 5.32. The van der Waals surface area contributed by atoms with Crippen LogP contribution in [0.15, 0.2) is 72.8 Å². The van der Waals surface area contributed by atoms with Crippen molar-refractivity contribution in [3.8, 4) is 23.0 Å². The van der Waals surface area contributed by atoms with E-state index in [9.17, 15) is 0 Å². The summed E-state index contributed by atoms with van der Waals surface area (Å²) in [5, 5.41) is 0. The fourth-order valence-electron chi connectivity index (χ4n) is 4.01. The van der Waals surface area contributed by atoms with Crippen molar-refractivity contribution in [1.82, 2.24) is 0 Å². The molecule has 4 N–H and O–H groups in total. The standard InChI is InChI=1S/C15H20O.C14H14N2.C2H6/c1-16-15-9-5-8-14(12-15)11-10-13-6-3-2-4-7-13;1-2-10-9-13(16)7-8-14(10)11-3-5-12(15)6-4-11;1-2/h5,8,12-13,15H,2-4,6-7,9H2,1H3;2-9H,1,15-16H2;1-2H3. The quantitative estimate of drug-likeness (QED) is 0.368. The normalized spacial score (nSPS) is 17.0. The van der Waals surface area contributed by atoms with Gasteiger partial charge in [0, 0.05) is 30.0 Å². The number of benzene rings is 2. The van der Waals surface area contributed by atoms with Gasteiger partial charge in [-0.15, -0.1) is 0 Å². The Morgan fingerprint density at radius 2 is 1.65 bits per heavy atom. The summed E-state index contributed by atoms with van der Waals surface area (Å²) in [6, 6.07) is 13.6. The maximum absolute atomic E-state index is 5.74. The Labute approximate surface area is 206 Å². The number of methoxy groups -OCH3 is 1. The molecule has 1 saturated carbocycles. The molecule has 3 nitrogen and oxygen atoms in total. The lowest BCUT2D eigenvalue weighted by atomic mass is 9.89. The molecule has 2 aromatic rings. The third kappa shape index (κ3) is 8.61. The number of nitrogen functional groups attached to an aromatic ring is 2. The molecule has 0 heterocycles. The predicted octanol–water partition coefficient (Wildman–Crippen LogP) is 7.66. The average Bonchev–Trinajstić information content (AvgIpc) is 2.90. The Kier molecular flexibility index (Phi) is 11.8. The van der Waals surface area contributed by atoms with Crippen LogP contribution in [0.4, 0.5) is 11.4 Å². The molecule has 0 saturated heterocycles. The highest BCUT2D eigenvalue weighted by Crippen LogP contribution is 2.27. The minimum Gasteiger partial charge on any atom is -0.399 e. The van der Waals surface area contributed by atoms with Crippen molar-refractivity contribution >= 4 is 17.5 Å². The molecule has 2 aliphatic rings. The van der Waals surface area contributed by atoms with E-state index in [0.717, 1.165) is 40.1 Å². The monoisotopic (exact) mass is 456 g/mol. The molecule has 1 atom stereocenters. The molecule has 1 unspecified atom stereocenters. The summed E-state index contributed by atoms with van der Waals surface area (Å²) in [7, 11) is 1.76. The third-order valence-electron chi connectivity index (χ3n) is 5.88. The van der Waals surface area contributed by atoms with Crippen molar-refractivity contribution in [3.63, 3.8) is 0 Å². The zero-order chi connectivity index (χ0) is 24.8. The summed E-state index contributed by atoms with van der Waals surface area (Å²) in [5.74, 6) is 7.34. The summed E-state index contributed by atoms with van der Waals surface area (Å²) in [6.45, 7) is 7.80. The van der Waals surface area contributed by atoms with E-state index in [2.05, 4.69) is 36.6 Å². The van der Waals surface area contributed by atoms with Crippen LogP contribution in [-0.4, -0.2) is 13.2 Å². The van der Waals surface area contributed by atoms with Gasteiger partial charge >= 0.3 is 0 Å². The molecule has 0 bridgehead atoms. The maximum atomic E-state index is 5.74. The third-order valence-corrected chi connectivity index (χ3v) is 5.88. The van der Waals surface area contributed by atoms with Gasteiger partial charge in [-0.05, 0) is 66.3 Å². The van der Waals surface area contributed by atoms with Gasteiger partial charge in [-0.25, -0.2) is 0 Å². The van der Waals surface area contributed by atoms with Crippen LogP contribution < -0.4 is 11.5 Å². The first kappa shape index (κ1) is 27.0. The second-order valence-corrected chi connectivity index (χ2v) is 8.31. The minimum atomic E-state index is 0.223. The lowest BCUT2D eigenvalue weighted by Crippen LogP contribution is -2.08. The second-order valence-electron chi connectivity index (χ2n) is 8.31. The molecule has 0 amide bonds. The molecule has 4 rings (SSSR count). The van der Waals surface area contributed by atoms with E-state index in [1.807, 2.05) is 62.4 Å². The maximum Gasteiger partial charge on any atom is 0.0801 e. The van der Waals surface area contributed by atoms with E-state index < -0.39 is 0 Å². The Morgan fingerprint density at radius 3 is 2.29 bits per heavy atom. The minimum absolute atomic E-state index is 0.223. The van der Waals surface area contributed by atoms with Gasteiger partial charge in [-0.2, -0.15) is 0 Å².